The number of nitrogens with zero attached hydrogens (tertiary/aromatic N) is 1. The van der Waals surface area contributed by atoms with E-state index in [1.807, 2.05) is 74.5 Å². The highest BCUT2D eigenvalue weighted by Gasteiger charge is 2.37. The van der Waals surface area contributed by atoms with Crippen LogP contribution in [0, 0.1) is 5.92 Å². The molecule has 228 valence electrons. The van der Waals surface area contributed by atoms with E-state index in [2.05, 4.69) is 22.8 Å². The van der Waals surface area contributed by atoms with Gasteiger partial charge in [0.1, 0.15) is 11.6 Å². The van der Waals surface area contributed by atoms with Gasteiger partial charge < -0.3 is 25.2 Å². The number of methoxy groups -OCH3 is 1. The normalized spacial score (nSPS) is 13.9. The number of nitrogens with one attached hydrogen (secondary N) is 2. The molecule has 0 saturated carbocycles. The smallest absolute Gasteiger partial charge is 0.414 e. The molecule has 0 aromatic heterocycles. The summed E-state index contributed by atoms with van der Waals surface area (Å²) in [5.74, 6) is -0.441. The van der Waals surface area contributed by atoms with Crippen LogP contribution in [-0.4, -0.2) is 54.6 Å². The van der Waals surface area contributed by atoms with Crippen LogP contribution in [0.25, 0.3) is 11.1 Å². The predicted octanol–water partition coefficient (Wildman–Crippen LogP) is 5.60. The molecule has 2 atom stereocenters. The number of rotatable bonds is 9. The molecule has 3 aromatic rings. The molecule has 4 rings (SSSR count). The number of anilines is 1. The Bertz CT molecular complexity index is 1400. The summed E-state index contributed by atoms with van der Waals surface area (Å²) >= 11 is 0. The van der Waals surface area contributed by atoms with E-state index in [1.165, 1.54) is 7.11 Å². The molecule has 0 unspecified atom stereocenters. The Kier molecular flexibility index (Phi) is 9.76. The fourth-order valence-electron chi connectivity index (χ4n) is 5.26. The molecule has 0 heterocycles. The highest BCUT2D eigenvalue weighted by molar-refractivity contribution is 5.93. The minimum absolute atomic E-state index is 0.00874. The van der Waals surface area contributed by atoms with E-state index in [0.29, 0.717) is 5.69 Å². The average molecular weight is 588 g/mol. The Morgan fingerprint density at radius 2 is 1.44 bits per heavy atom. The number of aliphatic hydroxyl groups is 1. The van der Waals surface area contributed by atoms with Gasteiger partial charge in [-0.25, -0.2) is 9.59 Å². The molecule has 1 aliphatic rings. The lowest BCUT2D eigenvalue weighted by molar-refractivity contribution is -0.124. The van der Waals surface area contributed by atoms with Crippen LogP contribution < -0.4 is 15.5 Å². The van der Waals surface area contributed by atoms with E-state index in [4.69, 9.17) is 9.47 Å². The molecular formula is C34H41N3O6. The van der Waals surface area contributed by atoms with Crippen molar-refractivity contribution in [3.63, 3.8) is 0 Å². The first kappa shape index (κ1) is 31.6. The van der Waals surface area contributed by atoms with Crippen molar-refractivity contribution in [1.29, 1.82) is 0 Å². The third-order valence-corrected chi connectivity index (χ3v) is 7.42. The number of carbonyl (C=O) groups excluding carboxylic acids is 3. The van der Waals surface area contributed by atoms with Gasteiger partial charge in [0.15, 0.2) is 0 Å². The van der Waals surface area contributed by atoms with Crippen LogP contribution >= 0.6 is 0 Å². The zero-order valence-electron chi connectivity index (χ0n) is 25.6. The summed E-state index contributed by atoms with van der Waals surface area (Å²) in [6, 6.07) is 21.5. The summed E-state index contributed by atoms with van der Waals surface area (Å²) < 4.78 is 10.6. The van der Waals surface area contributed by atoms with Gasteiger partial charge in [0.05, 0.1) is 25.8 Å². The van der Waals surface area contributed by atoms with Gasteiger partial charge in [-0.05, 0) is 66.6 Å². The molecule has 43 heavy (non-hydrogen) atoms. The lowest BCUT2D eigenvalue weighted by Gasteiger charge is -2.30. The fourth-order valence-corrected chi connectivity index (χ4v) is 5.26. The maximum Gasteiger partial charge on any atom is 0.414 e. The molecule has 0 spiro atoms. The molecular weight excluding hydrogens is 546 g/mol. The van der Waals surface area contributed by atoms with Crippen LogP contribution in [-0.2, 0) is 20.7 Å². The molecule has 9 nitrogen and oxygen atoms in total. The highest BCUT2D eigenvalue weighted by Crippen LogP contribution is 2.47. The quantitative estimate of drug-likeness (QED) is 0.300. The second-order valence-electron chi connectivity index (χ2n) is 12.0. The van der Waals surface area contributed by atoms with E-state index in [0.717, 1.165) is 27.8 Å². The van der Waals surface area contributed by atoms with Gasteiger partial charge in [0.25, 0.3) is 0 Å². The van der Waals surface area contributed by atoms with Crippen molar-refractivity contribution in [2.24, 2.45) is 5.92 Å². The topological polar surface area (TPSA) is 117 Å². The van der Waals surface area contributed by atoms with E-state index in [9.17, 15) is 19.5 Å². The van der Waals surface area contributed by atoms with Gasteiger partial charge in [-0.1, -0.05) is 74.5 Å². The van der Waals surface area contributed by atoms with E-state index >= 15 is 0 Å². The first-order valence-electron chi connectivity index (χ1n) is 14.5. The Morgan fingerprint density at radius 3 is 1.93 bits per heavy atom. The van der Waals surface area contributed by atoms with Crippen LogP contribution in [0.3, 0.4) is 0 Å². The number of aliphatic hydroxyl groups excluding tert-OH is 1. The van der Waals surface area contributed by atoms with Gasteiger partial charge in [-0.2, -0.15) is 0 Å². The first-order valence-corrected chi connectivity index (χ1v) is 14.5. The highest BCUT2D eigenvalue weighted by atomic mass is 16.6. The van der Waals surface area contributed by atoms with Crippen molar-refractivity contribution < 1.29 is 29.0 Å². The lowest BCUT2D eigenvalue weighted by atomic mass is 10.0. The minimum atomic E-state index is -0.959. The Labute approximate surface area is 253 Å². The first-order chi connectivity index (χ1) is 20.4. The number of hydrogen-bond donors (Lipinski definition) is 3. The maximum atomic E-state index is 13.3. The van der Waals surface area contributed by atoms with Crippen molar-refractivity contribution in [2.75, 3.05) is 18.6 Å². The summed E-state index contributed by atoms with van der Waals surface area (Å²) in [6.45, 7) is 8.79. The molecule has 0 aliphatic heterocycles. The molecule has 0 fully saturated rings. The van der Waals surface area contributed by atoms with Gasteiger partial charge in [-0.3, -0.25) is 9.69 Å². The van der Waals surface area contributed by atoms with Crippen molar-refractivity contribution in [3.8, 4) is 11.1 Å². The summed E-state index contributed by atoms with van der Waals surface area (Å²) in [7, 11) is 1.36. The number of carbonyl (C=O) groups is 3. The van der Waals surface area contributed by atoms with Crippen molar-refractivity contribution in [2.45, 2.75) is 64.8 Å². The Morgan fingerprint density at radius 1 is 0.884 bits per heavy atom. The summed E-state index contributed by atoms with van der Waals surface area (Å²) in [5, 5.41) is 15.3. The standard InChI is InChI=1S/C34H41N3O6/c1-21(2)29(20-38)35-31(39)28(36-32(40)43-34(3,4)5)19-22-15-17-23(18-16-22)37(33(41)42-6)30-26-13-9-7-11-24(26)25-12-8-10-14-27(25)30/h7-18,21,28-30,38H,19-20H2,1-6H3,(H,35,39)(H,36,40)/t28-,29-/m1/s1. The van der Waals surface area contributed by atoms with Crippen molar-refractivity contribution >= 4 is 23.8 Å². The van der Waals surface area contributed by atoms with Gasteiger partial charge >= 0.3 is 12.2 Å². The van der Waals surface area contributed by atoms with Gasteiger partial charge in [0, 0.05) is 12.1 Å². The van der Waals surface area contributed by atoms with Crippen LogP contribution in [0.2, 0.25) is 0 Å². The Hall–Kier alpha value is -4.37. The van der Waals surface area contributed by atoms with Gasteiger partial charge in [-0.15, -0.1) is 0 Å². The molecule has 3 aromatic carbocycles. The molecule has 0 saturated heterocycles. The second kappa shape index (κ2) is 13.3. The summed E-state index contributed by atoms with van der Waals surface area (Å²) in [6.07, 6.45) is -1.06. The SMILES string of the molecule is COC(=O)N(c1ccc(C[C@@H](NC(=O)OC(C)(C)C)C(=O)N[C@H](CO)C(C)C)cc1)C1c2ccccc2-c2ccccc21. The summed E-state index contributed by atoms with van der Waals surface area (Å²) in [5.41, 5.74) is 4.76. The number of benzene rings is 3. The fraction of sp³-hybridized carbons (Fsp3) is 0.382. The van der Waals surface area contributed by atoms with Crippen LogP contribution in [0.4, 0.5) is 15.3 Å². The molecule has 9 heteroatoms. The van der Waals surface area contributed by atoms with Crippen molar-refractivity contribution in [3.05, 3.63) is 89.5 Å². The van der Waals surface area contributed by atoms with Crippen LogP contribution in [0.5, 0.6) is 0 Å². The molecule has 0 radical (unpaired) electrons. The van der Waals surface area contributed by atoms with Gasteiger partial charge in [0.2, 0.25) is 5.91 Å². The Balaban J connectivity index is 1.63. The molecule has 1 aliphatic carbocycles. The van der Waals surface area contributed by atoms with Crippen molar-refractivity contribution in [1.82, 2.24) is 10.6 Å². The second-order valence-corrected chi connectivity index (χ2v) is 12.0. The van der Waals surface area contributed by atoms with E-state index in [1.54, 1.807) is 25.7 Å². The zero-order chi connectivity index (χ0) is 31.3. The third-order valence-electron chi connectivity index (χ3n) is 7.42. The van der Waals surface area contributed by atoms with Crippen LogP contribution in [0.1, 0.15) is 57.4 Å². The molecule has 3 amide bonds. The largest absolute Gasteiger partial charge is 0.452 e. The molecule has 0 bridgehead atoms. The number of alkyl carbamates (subject to hydrolysis) is 1. The third kappa shape index (κ3) is 7.35. The molecule has 3 N–H and O–H groups in total. The minimum Gasteiger partial charge on any atom is -0.452 e. The summed E-state index contributed by atoms with van der Waals surface area (Å²) in [4.78, 5) is 40.8. The number of ether oxygens (including phenoxy) is 2. The number of fused-ring (bicyclic) bond motifs is 3. The van der Waals surface area contributed by atoms with Crippen LogP contribution in [0.15, 0.2) is 72.8 Å². The maximum absolute atomic E-state index is 13.3. The monoisotopic (exact) mass is 587 g/mol. The zero-order valence-corrected chi connectivity index (χ0v) is 25.6. The van der Waals surface area contributed by atoms with E-state index in [-0.39, 0.29) is 25.0 Å². The predicted molar refractivity (Wildman–Crippen MR) is 166 cm³/mol. The lowest BCUT2D eigenvalue weighted by Crippen LogP contribution is -2.53. The number of hydrogen-bond acceptors (Lipinski definition) is 6. The number of amides is 3. The average Bonchev–Trinajstić information content (AvgIpc) is 3.29. The van der Waals surface area contributed by atoms with E-state index < -0.39 is 35.8 Å².